The van der Waals surface area contributed by atoms with Crippen LogP contribution in [0.5, 0.6) is 0 Å². The Kier molecular flexibility index (Phi) is 6.42. The molecular weight excluding hydrogens is 404 g/mol. The zero-order valence-electron chi connectivity index (χ0n) is 17.8. The first-order valence-electron chi connectivity index (χ1n) is 10.6. The molecule has 5 heteroatoms. The van der Waals surface area contributed by atoms with Crippen molar-refractivity contribution in [2.45, 2.75) is 32.1 Å². The molecule has 1 aliphatic heterocycles. The second-order valence-corrected chi connectivity index (χ2v) is 8.65. The SMILES string of the molecule is CCc1ccc(C(=O)Nc2ccc(C3SCC(=O)N3c3cccc(CC)c3)cc2)cc1. The Balaban J connectivity index is 1.50. The number of hydrogen-bond donors (Lipinski definition) is 1. The summed E-state index contributed by atoms with van der Waals surface area (Å²) in [5.41, 5.74) is 5.78. The number of nitrogens with one attached hydrogen (secondary N) is 1. The fourth-order valence-corrected chi connectivity index (χ4v) is 4.88. The second kappa shape index (κ2) is 9.40. The summed E-state index contributed by atoms with van der Waals surface area (Å²) in [6.45, 7) is 4.21. The van der Waals surface area contributed by atoms with Crippen molar-refractivity contribution in [3.63, 3.8) is 0 Å². The summed E-state index contributed by atoms with van der Waals surface area (Å²) in [4.78, 5) is 27.0. The van der Waals surface area contributed by atoms with Gasteiger partial charge in [-0.3, -0.25) is 14.5 Å². The van der Waals surface area contributed by atoms with Crippen LogP contribution in [0.3, 0.4) is 0 Å². The van der Waals surface area contributed by atoms with Gasteiger partial charge in [0.05, 0.1) is 5.75 Å². The zero-order chi connectivity index (χ0) is 21.8. The van der Waals surface area contributed by atoms with Crippen LogP contribution in [0.4, 0.5) is 11.4 Å². The molecule has 2 amide bonds. The van der Waals surface area contributed by atoms with E-state index in [9.17, 15) is 9.59 Å². The maximum Gasteiger partial charge on any atom is 0.255 e. The van der Waals surface area contributed by atoms with Crippen LogP contribution in [0.25, 0.3) is 0 Å². The molecule has 3 aromatic rings. The van der Waals surface area contributed by atoms with E-state index < -0.39 is 0 Å². The minimum atomic E-state index is -0.126. The van der Waals surface area contributed by atoms with Gasteiger partial charge in [0.1, 0.15) is 5.37 Å². The number of benzene rings is 3. The second-order valence-electron chi connectivity index (χ2n) is 7.58. The molecule has 4 nitrogen and oxygen atoms in total. The van der Waals surface area contributed by atoms with Crippen molar-refractivity contribution in [2.75, 3.05) is 16.0 Å². The first kappa shape index (κ1) is 21.2. The lowest BCUT2D eigenvalue weighted by Crippen LogP contribution is -2.27. The zero-order valence-corrected chi connectivity index (χ0v) is 18.6. The number of nitrogens with zero attached hydrogens (tertiary/aromatic N) is 1. The van der Waals surface area contributed by atoms with Crippen molar-refractivity contribution in [1.29, 1.82) is 0 Å². The summed E-state index contributed by atoms with van der Waals surface area (Å²) in [6, 6.07) is 23.6. The summed E-state index contributed by atoms with van der Waals surface area (Å²) in [5, 5.41) is 2.89. The van der Waals surface area contributed by atoms with E-state index in [-0.39, 0.29) is 17.2 Å². The first-order chi connectivity index (χ1) is 15.1. The van der Waals surface area contributed by atoms with Gasteiger partial charge in [-0.2, -0.15) is 0 Å². The molecule has 1 unspecified atom stereocenters. The van der Waals surface area contributed by atoms with Gasteiger partial charge in [0.25, 0.3) is 5.91 Å². The summed E-state index contributed by atoms with van der Waals surface area (Å²) >= 11 is 1.63. The first-order valence-corrected chi connectivity index (χ1v) is 11.7. The van der Waals surface area contributed by atoms with Crippen molar-refractivity contribution >= 4 is 35.0 Å². The molecule has 4 rings (SSSR count). The predicted octanol–water partition coefficient (Wildman–Crippen LogP) is 5.84. The van der Waals surface area contributed by atoms with Gasteiger partial charge in [-0.15, -0.1) is 11.8 Å². The van der Waals surface area contributed by atoms with Crippen molar-refractivity contribution in [1.82, 2.24) is 0 Å². The average Bonchev–Trinajstić information content (AvgIpc) is 3.21. The third kappa shape index (κ3) is 4.67. The average molecular weight is 431 g/mol. The summed E-state index contributed by atoms with van der Waals surface area (Å²) in [6.07, 6.45) is 1.88. The summed E-state index contributed by atoms with van der Waals surface area (Å²) < 4.78 is 0. The number of amides is 2. The lowest BCUT2D eigenvalue weighted by molar-refractivity contribution is -0.115. The number of carbonyl (C=O) groups excluding carboxylic acids is 2. The number of aryl methyl sites for hydroxylation is 2. The van der Waals surface area contributed by atoms with Crippen molar-refractivity contribution in [3.05, 3.63) is 95.1 Å². The van der Waals surface area contributed by atoms with Gasteiger partial charge in [-0.05, 0) is 65.9 Å². The van der Waals surface area contributed by atoms with Crippen LogP contribution in [0.15, 0.2) is 72.8 Å². The Morgan fingerprint density at radius 2 is 1.68 bits per heavy atom. The lowest BCUT2D eigenvalue weighted by atomic mass is 10.1. The monoisotopic (exact) mass is 430 g/mol. The highest BCUT2D eigenvalue weighted by Gasteiger charge is 2.34. The topological polar surface area (TPSA) is 49.4 Å². The van der Waals surface area contributed by atoms with Crippen LogP contribution in [0, 0.1) is 0 Å². The molecule has 158 valence electrons. The van der Waals surface area contributed by atoms with E-state index in [1.165, 1.54) is 11.1 Å². The van der Waals surface area contributed by atoms with Crippen LogP contribution in [0.2, 0.25) is 0 Å². The predicted molar refractivity (Wildman–Crippen MR) is 129 cm³/mol. The Labute approximate surface area is 187 Å². The molecule has 0 bridgehead atoms. The quantitative estimate of drug-likeness (QED) is 0.534. The van der Waals surface area contributed by atoms with Crippen molar-refractivity contribution in [2.24, 2.45) is 0 Å². The van der Waals surface area contributed by atoms with Gasteiger partial charge in [-0.1, -0.05) is 50.2 Å². The molecule has 0 spiro atoms. The number of rotatable bonds is 6. The van der Waals surface area contributed by atoms with Gasteiger partial charge in [0.15, 0.2) is 0 Å². The Hall–Kier alpha value is -3.05. The Morgan fingerprint density at radius 3 is 2.35 bits per heavy atom. The third-order valence-corrected chi connectivity index (χ3v) is 6.76. The summed E-state index contributed by atoms with van der Waals surface area (Å²) in [7, 11) is 0. The number of carbonyl (C=O) groups is 2. The number of anilines is 2. The van der Waals surface area contributed by atoms with E-state index in [1.54, 1.807) is 11.8 Å². The Bertz CT molecular complexity index is 1080. The van der Waals surface area contributed by atoms with E-state index in [1.807, 2.05) is 65.6 Å². The van der Waals surface area contributed by atoms with Crippen LogP contribution >= 0.6 is 11.8 Å². The maximum absolute atomic E-state index is 12.6. The highest BCUT2D eigenvalue weighted by molar-refractivity contribution is 8.00. The van der Waals surface area contributed by atoms with E-state index in [0.29, 0.717) is 11.3 Å². The molecule has 1 saturated heterocycles. The van der Waals surface area contributed by atoms with Crippen LogP contribution in [-0.2, 0) is 17.6 Å². The number of thioether (sulfide) groups is 1. The molecule has 31 heavy (non-hydrogen) atoms. The van der Waals surface area contributed by atoms with E-state index in [0.717, 1.165) is 29.8 Å². The third-order valence-electron chi connectivity index (χ3n) is 5.54. The van der Waals surface area contributed by atoms with Crippen molar-refractivity contribution < 1.29 is 9.59 Å². The number of hydrogen-bond acceptors (Lipinski definition) is 3. The van der Waals surface area contributed by atoms with Gasteiger partial charge in [0, 0.05) is 16.9 Å². The molecule has 1 heterocycles. The molecule has 0 aliphatic carbocycles. The molecule has 1 aliphatic rings. The standard InChI is InChI=1S/C26H26N2O2S/c1-3-18-8-10-20(11-9-18)25(30)27-22-14-12-21(13-15-22)26-28(24(29)17-31-26)23-7-5-6-19(4-2)16-23/h5-16,26H,3-4,17H2,1-2H3,(H,27,30). The van der Waals surface area contributed by atoms with Crippen LogP contribution < -0.4 is 10.2 Å². The highest BCUT2D eigenvalue weighted by atomic mass is 32.2. The molecule has 1 atom stereocenters. The van der Waals surface area contributed by atoms with Crippen molar-refractivity contribution in [3.8, 4) is 0 Å². The fraction of sp³-hybridized carbons (Fsp3) is 0.231. The maximum atomic E-state index is 12.6. The largest absolute Gasteiger partial charge is 0.322 e. The molecular formula is C26H26N2O2S. The molecule has 1 N–H and O–H groups in total. The Morgan fingerprint density at radius 1 is 0.968 bits per heavy atom. The van der Waals surface area contributed by atoms with Crippen LogP contribution in [-0.4, -0.2) is 17.6 Å². The minimum Gasteiger partial charge on any atom is -0.322 e. The molecule has 3 aromatic carbocycles. The normalized spacial score (nSPS) is 15.9. The van der Waals surface area contributed by atoms with E-state index >= 15 is 0 Å². The van der Waals surface area contributed by atoms with Gasteiger partial charge in [-0.25, -0.2) is 0 Å². The highest BCUT2D eigenvalue weighted by Crippen LogP contribution is 2.42. The molecule has 0 radical (unpaired) electrons. The summed E-state index contributed by atoms with van der Waals surface area (Å²) in [5.74, 6) is 0.461. The minimum absolute atomic E-state index is 0.0639. The molecule has 0 saturated carbocycles. The van der Waals surface area contributed by atoms with Crippen LogP contribution in [0.1, 0.15) is 46.3 Å². The molecule has 0 aromatic heterocycles. The fourth-order valence-electron chi connectivity index (χ4n) is 3.70. The van der Waals surface area contributed by atoms with E-state index in [2.05, 4.69) is 31.3 Å². The van der Waals surface area contributed by atoms with Gasteiger partial charge < -0.3 is 5.32 Å². The smallest absolute Gasteiger partial charge is 0.255 e. The lowest BCUT2D eigenvalue weighted by Gasteiger charge is -2.25. The molecule has 1 fully saturated rings. The van der Waals surface area contributed by atoms with Gasteiger partial charge >= 0.3 is 0 Å². The van der Waals surface area contributed by atoms with E-state index in [4.69, 9.17) is 0 Å². The van der Waals surface area contributed by atoms with Gasteiger partial charge in [0.2, 0.25) is 5.91 Å².